The van der Waals surface area contributed by atoms with Crippen molar-refractivity contribution in [2.24, 2.45) is 17.8 Å². The van der Waals surface area contributed by atoms with Gasteiger partial charge in [0.25, 0.3) is 0 Å². The number of fused-ring (bicyclic) bond motifs is 1. The first-order valence-electron chi connectivity index (χ1n) is 14.3. The SMILES string of the molecule is C=CC(C/C=C/[C@H]1[C@H]2CC(=C)C(O)[C@H]2C[C@H]1O[Si](C)(C)C(C)(C)C)(CCCC)O[Si](C)(C)C(C)(C)C. The summed E-state index contributed by atoms with van der Waals surface area (Å²) in [5, 5.41) is 11.2. The van der Waals surface area contributed by atoms with Gasteiger partial charge in [-0.2, -0.15) is 0 Å². The van der Waals surface area contributed by atoms with E-state index in [1.165, 1.54) is 0 Å². The van der Waals surface area contributed by atoms with E-state index in [0.717, 1.165) is 44.1 Å². The molecule has 0 aromatic carbocycles. The third-order valence-electron chi connectivity index (χ3n) is 9.96. The van der Waals surface area contributed by atoms with Crippen LogP contribution in [-0.4, -0.2) is 39.6 Å². The number of aliphatic hydroxyl groups excluding tert-OH is 1. The van der Waals surface area contributed by atoms with E-state index in [1.807, 2.05) is 0 Å². The molecule has 2 saturated carbocycles. The van der Waals surface area contributed by atoms with Crippen LogP contribution in [0.15, 0.2) is 37.0 Å². The summed E-state index contributed by atoms with van der Waals surface area (Å²) in [6.07, 6.45) is 12.6. The summed E-state index contributed by atoms with van der Waals surface area (Å²) in [4.78, 5) is 0. The number of unbranched alkanes of at least 4 members (excludes halogenated alkanes) is 1. The topological polar surface area (TPSA) is 38.7 Å². The molecule has 1 N–H and O–H groups in total. The molecule has 208 valence electrons. The van der Waals surface area contributed by atoms with Gasteiger partial charge in [-0.25, -0.2) is 0 Å². The normalized spacial score (nSPS) is 29.6. The summed E-state index contributed by atoms with van der Waals surface area (Å²) >= 11 is 0. The highest BCUT2D eigenvalue weighted by Crippen LogP contribution is 2.53. The second-order valence-electron chi connectivity index (χ2n) is 14.7. The van der Waals surface area contributed by atoms with E-state index in [9.17, 15) is 5.11 Å². The quantitative estimate of drug-likeness (QED) is 0.212. The minimum atomic E-state index is -1.97. The van der Waals surface area contributed by atoms with E-state index in [0.29, 0.717) is 11.8 Å². The Morgan fingerprint density at radius 1 is 1.00 bits per heavy atom. The minimum absolute atomic E-state index is 0.151. The Balaban J connectivity index is 2.33. The van der Waals surface area contributed by atoms with Crippen LogP contribution >= 0.6 is 0 Å². The second kappa shape index (κ2) is 11.3. The van der Waals surface area contributed by atoms with Crippen molar-refractivity contribution in [2.75, 3.05) is 0 Å². The smallest absolute Gasteiger partial charge is 0.193 e. The van der Waals surface area contributed by atoms with Crippen LogP contribution in [0.25, 0.3) is 0 Å². The lowest BCUT2D eigenvalue weighted by Gasteiger charge is -2.44. The standard InChI is InChI=1S/C31H58O3Si2/c1-14-16-19-31(15-2,34-36(12,13)30(7,8)9)20-17-18-24-25-21-23(3)28(32)26(25)22-27(24)33-35(10,11)29(4,5)6/h15,17-18,24-28,32H,2-3,14,16,19-22H2,1,4-13H3/b18-17+/t24-,25+,26-,27+,28?,31?/m0/s1. The van der Waals surface area contributed by atoms with Crippen LogP contribution in [0.1, 0.15) is 87.0 Å². The largest absolute Gasteiger partial charge is 0.413 e. The maximum Gasteiger partial charge on any atom is 0.193 e. The Labute approximate surface area is 226 Å². The fourth-order valence-corrected chi connectivity index (χ4v) is 8.43. The average molecular weight is 535 g/mol. The van der Waals surface area contributed by atoms with Crippen molar-refractivity contribution in [3.8, 4) is 0 Å². The van der Waals surface area contributed by atoms with Gasteiger partial charge in [0, 0.05) is 5.92 Å². The van der Waals surface area contributed by atoms with Gasteiger partial charge in [-0.05, 0) is 79.4 Å². The molecule has 0 spiro atoms. The summed E-state index contributed by atoms with van der Waals surface area (Å²) in [6, 6.07) is 0. The monoisotopic (exact) mass is 534 g/mol. The molecule has 2 rings (SSSR count). The van der Waals surface area contributed by atoms with Crippen molar-refractivity contribution in [1.29, 1.82) is 0 Å². The molecular formula is C31H58O3Si2. The molecule has 2 aliphatic rings. The maximum absolute atomic E-state index is 10.9. The molecular weight excluding hydrogens is 477 g/mol. The predicted octanol–water partition coefficient (Wildman–Crippen LogP) is 9.03. The van der Waals surface area contributed by atoms with Crippen LogP contribution in [0.5, 0.6) is 0 Å². The van der Waals surface area contributed by atoms with E-state index >= 15 is 0 Å². The van der Waals surface area contributed by atoms with Gasteiger partial charge >= 0.3 is 0 Å². The highest BCUT2D eigenvalue weighted by Gasteiger charge is 2.52. The van der Waals surface area contributed by atoms with Crippen molar-refractivity contribution in [3.05, 3.63) is 37.0 Å². The lowest BCUT2D eigenvalue weighted by Crippen LogP contribution is -2.49. The molecule has 2 aliphatic carbocycles. The van der Waals surface area contributed by atoms with Gasteiger partial charge in [-0.3, -0.25) is 0 Å². The number of aliphatic hydroxyl groups is 1. The van der Waals surface area contributed by atoms with Crippen molar-refractivity contribution >= 4 is 16.6 Å². The molecule has 2 unspecified atom stereocenters. The second-order valence-corrected chi connectivity index (χ2v) is 24.2. The molecule has 0 heterocycles. The van der Waals surface area contributed by atoms with Crippen LogP contribution < -0.4 is 0 Å². The zero-order valence-electron chi connectivity index (χ0n) is 25.5. The van der Waals surface area contributed by atoms with Crippen molar-refractivity contribution in [1.82, 2.24) is 0 Å². The molecule has 2 fully saturated rings. The zero-order chi connectivity index (χ0) is 27.7. The Morgan fingerprint density at radius 2 is 1.58 bits per heavy atom. The Bertz CT molecular complexity index is 802. The lowest BCUT2D eigenvalue weighted by atomic mass is 9.88. The first-order chi connectivity index (χ1) is 16.3. The Kier molecular flexibility index (Phi) is 10.00. The molecule has 0 amide bonds. The molecule has 36 heavy (non-hydrogen) atoms. The number of hydrogen-bond donors (Lipinski definition) is 1. The molecule has 3 nitrogen and oxygen atoms in total. The highest BCUT2D eigenvalue weighted by atomic mass is 28.4. The van der Waals surface area contributed by atoms with Gasteiger partial charge in [0.05, 0.1) is 17.8 Å². The third-order valence-corrected chi connectivity index (χ3v) is 19.0. The van der Waals surface area contributed by atoms with Crippen LogP contribution in [0.3, 0.4) is 0 Å². The summed E-state index contributed by atoms with van der Waals surface area (Å²) in [5.41, 5.74) is 0.668. The Morgan fingerprint density at radius 3 is 2.08 bits per heavy atom. The highest BCUT2D eigenvalue weighted by molar-refractivity contribution is 6.74. The van der Waals surface area contributed by atoms with Crippen LogP contribution in [0, 0.1) is 17.8 Å². The van der Waals surface area contributed by atoms with E-state index in [4.69, 9.17) is 8.85 Å². The zero-order valence-corrected chi connectivity index (χ0v) is 27.5. The molecule has 6 atom stereocenters. The van der Waals surface area contributed by atoms with Gasteiger partial charge in [0.2, 0.25) is 0 Å². The lowest BCUT2D eigenvalue weighted by molar-refractivity contribution is 0.0925. The minimum Gasteiger partial charge on any atom is -0.413 e. The number of rotatable bonds is 11. The fraction of sp³-hybridized carbons (Fsp3) is 0.806. The third kappa shape index (κ3) is 6.94. The first-order valence-corrected chi connectivity index (χ1v) is 20.2. The van der Waals surface area contributed by atoms with Crippen molar-refractivity contribution in [3.63, 3.8) is 0 Å². The fourth-order valence-electron chi connectivity index (χ4n) is 5.47. The van der Waals surface area contributed by atoms with Crippen molar-refractivity contribution < 1.29 is 14.0 Å². The van der Waals surface area contributed by atoms with Crippen LogP contribution in [0.4, 0.5) is 0 Å². The van der Waals surface area contributed by atoms with E-state index in [1.54, 1.807) is 0 Å². The maximum atomic E-state index is 10.9. The molecule has 0 aromatic heterocycles. The Hall–Kier alpha value is -0.466. The summed E-state index contributed by atoms with van der Waals surface area (Å²) in [7, 11) is -3.89. The van der Waals surface area contributed by atoms with E-state index in [2.05, 4.69) is 106 Å². The molecule has 0 saturated heterocycles. The number of hydrogen-bond acceptors (Lipinski definition) is 3. The summed E-state index contributed by atoms with van der Waals surface area (Å²) < 4.78 is 14.1. The molecule has 0 aromatic rings. The molecule has 0 aliphatic heterocycles. The van der Waals surface area contributed by atoms with Gasteiger partial charge in [-0.15, -0.1) is 6.58 Å². The van der Waals surface area contributed by atoms with Gasteiger partial charge in [-0.1, -0.05) is 86.1 Å². The summed E-state index contributed by atoms with van der Waals surface area (Å²) in [5.74, 6) is 0.975. The van der Waals surface area contributed by atoms with E-state index < -0.39 is 22.7 Å². The predicted molar refractivity (Wildman–Crippen MR) is 161 cm³/mol. The average Bonchev–Trinajstić information content (AvgIpc) is 3.19. The van der Waals surface area contributed by atoms with E-state index in [-0.39, 0.29) is 27.7 Å². The first kappa shape index (κ1) is 31.7. The van der Waals surface area contributed by atoms with Gasteiger partial charge < -0.3 is 14.0 Å². The molecule has 5 heteroatoms. The van der Waals surface area contributed by atoms with Gasteiger partial charge in [0.15, 0.2) is 16.6 Å². The summed E-state index contributed by atoms with van der Waals surface area (Å²) in [6.45, 7) is 33.9. The van der Waals surface area contributed by atoms with Gasteiger partial charge in [0.1, 0.15) is 0 Å². The van der Waals surface area contributed by atoms with Crippen LogP contribution in [-0.2, 0) is 8.85 Å². The molecule has 0 bridgehead atoms. The van der Waals surface area contributed by atoms with Crippen molar-refractivity contribution in [2.45, 2.75) is 141 Å². The van der Waals surface area contributed by atoms with Crippen LogP contribution in [0.2, 0.25) is 36.3 Å². The molecule has 0 radical (unpaired) electrons.